The summed E-state index contributed by atoms with van der Waals surface area (Å²) in [5.41, 5.74) is 0. The van der Waals surface area contributed by atoms with Crippen LogP contribution >= 0.6 is 0 Å². The van der Waals surface area contributed by atoms with Gasteiger partial charge in [-0.05, 0) is 19.9 Å². The third-order valence-electron chi connectivity index (χ3n) is 2.49. The first-order valence-electron chi connectivity index (χ1n) is 4.60. The normalized spacial score (nSPS) is 26.9. The molecule has 1 aromatic heterocycles. The monoisotopic (exact) mass is 181 g/mol. The van der Waals surface area contributed by atoms with Gasteiger partial charge in [0.1, 0.15) is 6.10 Å². The highest BCUT2D eigenvalue weighted by atomic mass is 16.5. The Hall–Kier alpha value is -1.03. The highest BCUT2D eigenvalue weighted by molar-refractivity contribution is 5.12. The summed E-state index contributed by atoms with van der Waals surface area (Å²) in [7, 11) is 3.88. The lowest BCUT2D eigenvalue weighted by Gasteiger charge is -2.34. The van der Waals surface area contributed by atoms with Gasteiger partial charge in [-0.3, -0.25) is 4.68 Å². The molecule has 72 valence electrons. The van der Waals surface area contributed by atoms with Crippen molar-refractivity contribution < 1.29 is 4.74 Å². The molecule has 0 aromatic carbocycles. The van der Waals surface area contributed by atoms with Crippen LogP contribution in [0, 0.1) is 0 Å². The van der Waals surface area contributed by atoms with Crippen LogP contribution in [0.1, 0.15) is 12.8 Å². The Labute approximate surface area is 77.9 Å². The molecule has 1 aliphatic carbocycles. The maximum absolute atomic E-state index is 5.68. The first-order chi connectivity index (χ1) is 6.28. The fourth-order valence-corrected chi connectivity index (χ4v) is 1.55. The van der Waals surface area contributed by atoms with Crippen LogP contribution in [-0.2, 0) is 7.05 Å². The molecule has 1 N–H and O–H groups in total. The highest BCUT2D eigenvalue weighted by Gasteiger charge is 2.29. The molecule has 1 aromatic rings. The molecule has 2 rings (SSSR count). The molecule has 0 radical (unpaired) electrons. The predicted molar refractivity (Wildman–Crippen MR) is 49.7 cm³/mol. The molecule has 0 bridgehead atoms. The van der Waals surface area contributed by atoms with Crippen molar-refractivity contribution in [1.82, 2.24) is 15.1 Å². The van der Waals surface area contributed by atoms with Gasteiger partial charge in [-0.25, -0.2) is 0 Å². The van der Waals surface area contributed by atoms with Crippen LogP contribution in [0.25, 0.3) is 0 Å². The Kier molecular flexibility index (Phi) is 2.22. The number of rotatable bonds is 3. The average molecular weight is 181 g/mol. The number of nitrogens with one attached hydrogen (secondary N) is 1. The molecule has 0 aliphatic heterocycles. The van der Waals surface area contributed by atoms with Crippen molar-refractivity contribution in [2.24, 2.45) is 7.05 Å². The number of hydrogen-bond acceptors (Lipinski definition) is 3. The Morgan fingerprint density at radius 3 is 2.92 bits per heavy atom. The molecule has 0 unspecified atom stereocenters. The van der Waals surface area contributed by atoms with E-state index in [0.29, 0.717) is 12.1 Å². The Balaban J connectivity index is 1.81. The van der Waals surface area contributed by atoms with Crippen molar-refractivity contribution in [3.8, 4) is 5.75 Å². The maximum Gasteiger partial charge on any atom is 0.157 e. The fraction of sp³-hybridized carbons (Fsp3) is 0.667. The molecule has 0 spiro atoms. The van der Waals surface area contributed by atoms with Gasteiger partial charge < -0.3 is 10.1 Å². The molecular weight excluding hydrogens is 166 g/mol. The van der Waals surface area contributed by atoms with Crippen molar-refractivity contribution in [2.75, 3.05) is 7.05 Å². The minimum atomic E-state index is 0.377. The first kappa shape index (κ1) is 8.56. The second kappa shape index (κ2) is 3.38. The predicted octanol–water partition coefficient (Wildman–Crippen LogP) is 0.549. The lowest BCUT2D eigenvalue weighted by atomic mass is 9.89. The zero-order chi connectivity index (χ0) is 9.26. The third-order valence-corrected chi connectivity index (χ3v) is 2.49. The summed E-state index contributed by atoms with van der Waals surface area (Å²) in [6.45, 7) is 0. The summed E-state index contributed by atoms with van der Waals surface area (Å²) in [4.78, 5) is 0. The zero-order valence-corrected chi connectivity index (χ0v) is 8.03. The van der Waals surface area contributed by atoms with Crippen molar-refractivity contribution >= 4 is 0 Å². The number of nitrogens with zero attached hydrogens (tertiary/aromatic N) is 2. The van der Waals surface area contributed by atoms with Gasteiger partial charge in [0.25, 0.3) is 0 Å². The van der Waals surface area contributed by atoms with Gasteiger partial charge in [0, 0.05) is 13.1 Å². The van der Waals surface area contributed by atoms with Crippen LogP contribution < -0.4 is 10.1 Å². The SMILES string of the molecule is CNC1CC(Oc2cnn(C)c2)C1. The second-order valence-corrected chi connectivity index (χ2v) is 3.55. The van der Waals surface area contributed by atoms with E-state index < -0.39 is 0 Å². The van der Waals surface area contributed by atoms with E-state index in [9.17, 15) is 0 Å². The van der Waals surface area contributed by atoms with E-state index in [-0.39, 0.29) is 0 Å². The van der Waals surface area contributed by atoms with Crippen LogP contribution in [0.4, 0.5) is 0 Å². The third kappa shape index (κ3) is 1.83. The van der Waals surface area contributed by atoms with Gasteiger partial charge in [0.05, 0.1) is 12.4 Å². The Morgan fingerprint density at radius 2 is 2.38 bits per heavy atom. The molecule has 1 aliphatic rings. The van der Waals surface area contributed by atoms with Crippen LogP contribution in [-0.4, -0.2) is 29.0 Å². The minimum Gasteiger partial charge on any atom is -0.487 e. The zero-order valence-electron chi connectivity index (χ0n) is 8.03. The van der Waals surface area contributed by atoms with E-state index in [0.717, 1.165) is 18.6 Å². The molecule has 1 saturated carbocycles. The van der Waals surface area contributed by atoms with Crippen LogP contribution in [0.5, 0.6) is 5.75 Å². The van der Waals surface area contributed by atoms with Gasteiger partial charge in [-0.2, -0.15) is 5.10 Å². The summed E-state index contributed by atoms with van der Waals surface area (Å²) in [6.07, 6.45) is 6.23. The van der Waals surface area contributed by atoms with E-state index in [1.54, 1.807) is 10.9 Å². The molecule has 0 saturated heterocycles. The van der Waals surface area contributed by atoms with E-state index in [4.69, 9.17) is 4.74 Å². The average Bonchev–Trinajstić information content (AvgIpc) is 2.43. The van der Waals surface area contributed by atoms with Crippen LogP contribution in [0.2, 0.25) is 0 Å². The first-order valence-corrected chi connectivity index (χ1v) is 4.60. The van der Waals surface area contributed by atoms with Crippen molar-refractivity contribution in [3.63, 3.8) is 0 Å². The molecule has 4 nitrogen and oxygen atoms in total. The van der Waals surface area contributed by atoms with Gasteiger partial charge in [-0.1, -0.05) is 0 Å². The Morgan fingerprint density at radius 1 is 1.62 bits per heavy atom. The van der Waals surface area contributed by atoms with Gasteiger partial charge in [-0.15, -0.1) is 0 Å². The summed E-state index contributed by atoms with van der Waals surface area (Å²) >= 11 is 0. The molecule has 1 fully saturated rings. The fourth-order valence-electron chi connectivity index (χ4n) is 1.55. The quantitative estimate of drug-likeness (QED) is 0.740. The van der Waals surface area contributed by atoms with Crippen molar-refractivity contribution in [2.45, 2.75) is 25.0 Å². The van der Waals surface area contributed by atoms with E-state index >= 15 is 0 Å². The van der Waals surface area contributed by atoms with Crippen LogP contribution in [0.15, 0.2) is 12.4 Å². The standard InChI is InChI=1S/C9H15N3O/c1-10-7-3-8(4-7)13-9-5-11-12(2)6-9/h5-8,10H,3-4H2,1-2H3. The van der Waals surface area contributed by atoms with Gasteiger partial charge >= 0.3 is 0 Å². The number of hydrogen-bond donors (Lipinski definition) is 1. The lowest BCUT2D eigenvalue weighted by Crippen LogP contribution is -2.45. The largest absolute Gasteiger partial charge is 0.487 e. The van der Waals surface area contributed by atoms with Crippen molar-refractivity contribution in [1.29, 1.82) is 0 Å². The van der Waals surface area contributed by atoms with E-state index in [1.807, 2.05) is 20.3 Å². The summed E-state index contributed by atoms with van der Waals surface area (Å²) < 4.78 is 7.43. The van der Waals surface area contributed by atoms with Gasteiger partial charge in [0.2, 0.25) is 0 Å². The molecule has 1 heterocycles. The topological polar surface area (TPSA) is 39.1 Å². The second-order valence-electron chi connectivity index (χ2n) is 3.55. The summed E-state index contributed by atoms with van der Waals surface area (Å²) in [6, 6.07) is 0.640. The van der Waals surface area contributed by atoms with Crippen LogP contribution in [0.3, 0.4) is 0 Å². The number of aryl methyl sites for hydroxylation is 1. The summed E-state index contributed by atoms with van der Waals surface area (Å²) in [5.74, 6) is 0.877. The molecule has 0 amide bonds. The van der Waals surface area contributed by atoms with E-state index in [2.05, 4.69) is 10.4 Å². The van der Waals surface area contributed by atoms with Crippen molar-refractivity contribution in [3.05, 3.63) is 12.4 Å². The smallest absolute Gasteiger partial charge is 0.157 e. The van der Waals surface area contributed by atoms with Gasteiger partial charge in [0.15, 0.2) is 5.75 Å². The van der Waals surface area contributed by atoms with E-state index in [1.165, 1.54) is 0 Å². The summed E-state index contributed by atoms with van der Waals surface area (Å²) in [5, 5.41) is 7.26. The molecular formula is C9H15N3O. The molecule has 4 heteroatoms. The maximum atomic E-state index is 5.68. The number of aromatic nitrogens is 2. The number of ether oxygens (including phenoxy) is 1. The molecule has 0 atom stereocenters. The highest BCUT2D eigenvalue weighted by Crippen LogP contribution is 2.24. The minimum absolute atomic E-state index is 0.377. The lowest BCUT2D eigenvalue weighted by molar-refractivity contribution is 0.0884. The molecule has 13 heavy (non-hydrogen) atoms. The Bertz CT molecular complexity index is 278.